The molecule has 0 atom stereocenters. The molecule has 3 aromatic rings. The molecule has 7 heteroatoms. The van der Waals surface area contributed by atoms with Crippen molar-refractivity contribution in [3.05, 3.63) is 46.5 Å². The molecule has 0 saturated carbocycles. The lowest BCUT2D eigenvalue weighted by molar-refractivity contribution is 0.0946. The Morgan fingerprint density at radius 1 is 1.42 bits per heavy atom. The van der Waals surface area contributed by atoms with Crippen molar-refractivity contribution >= 4 is 28.6 Å². The maximum atomic E-state index is 11.9. The van der Waals surface area contributed by atoms with Crippen molar-refractivity contribution in [1.82, 2.24) is 20.5 Å². The average molecular weight is 290 g/mol. The fourth-order valence-corrected chi connectivity index (χ4v) is 3.15. The van der Waals surface area contributed by atoms with Crippen molar-refractivity contribution in [2.24, 2.45) is 0 Å². The zero-order chi connectivity index (χ0) is 13.1. The van der Waals surface area contributed by atoms with Gasteiger partial charge < -0.3 is 5.32 Å². The van der Waals surface area contributed by atoms with E-state index >= 15 is 0 Å². The third kappa shape index (κ3) is 2.72. The maximum Gasteiger partial charge on any atom is 0.271 e. The summed E-state index contributed by atoms with van der Waals surface area (Å²) in [6.07, 6.45) is 3.43. The van der Waals surface area contributed by atoms with Gasteiger partial charge in [0.05, 0.1) is 11.1 Å². The van der Waals surface area contributed by atoms with E-state index in [9.17, 15) is 4.79 Å². The van der Waals surface area contributed by atoms with Crippen molar-refractivity contribution in [1.29, 1.82) is 0 Å². The predicted octanol–water partition coefficient (Wildman–Crippen LogP) is 2.52. The summed E-state index contributed by atoms with van der Waals surface area (Å²) in [7, 11) is 0. The van der Waals surface area contributed by atoms with Crippen LogP contribution in [0.4, 0.5) is 0 Å². The molecule has 0 aliphatic carbocycles. The molecule has 3 rings (SSSR count). The highest BCUT2D eigenvalue weighted by Gasteiger charge is 2.12. The van der Waals surface area contributed by atoms with Crippen LogP contribution in [0.2, 0.25) is 0 Å². The summed E-state index contributed by atoms with van der Waals surface area (Å²) in [4.78, 5) is 17.4. The number of nitrogens with zero attached hydrogens (tertiary/aromatic N) is 2. The number of thiophene rings is 1. The number of nitrogens with one attached hydrogen (secondary N) is 2. The first-order chi connectivity index (χ1) is 9.33. The van der Waals surface area contributed by atoms with Crippen molar-refractivity contribution in [3.8, 4) is 9.88 Å². The zero-order valence-corrected chi connectivity index (χ0v) is 11.4. The Morgan fingerprint density at radius 3 is 3.11 bits per heavy atom. The van der Waals surface area contributed by atoms with Gasteiger partial charge in [-0.15, -0.1) is 22.7 Å². The lowest BCUT2D eigenvalue weighted by Gasteiger charge is -1.99. The fraction of sp³-hybridized carbons (Fsp3) is 0.0833. The van der Waals surface area contributed by atoms with Crippen LogP contribution in [-0.4, -0.2) is 21.1 Å². The summed E-state index contributed by atoms with van der Waals surface area (Å²) in [6, 6.07) is 3.97. The lowest BCUT2D eigenvalue weighted by atomic mass is 10.3. The first-order valence-corrected chi connectivity index (χ1v) is 7.34. The van der Waals surface area contributed by atoms with Crippen molar-refractivity contribution in [3.63, 3.8) is 0 Å². The molecule has 0 unspecified atom stereocenters. The van der Waals surface area contributed by atoms with Crippen LogP contribution in [0.25, 0.3) is 9.88 Å². The van der Waals surface area contributed by atoms with Crippen LogP contribution in [0.1, 0.15) is 16.1 Å². The number of aromatic amines is 1. The summed E-state index contributed by atoms with van der Waals surface area (Å²) in [6.45, 7) is 0.446. The van der Waals surface area contributed by atoms with Gasteiger partial charge in [-0.05, 0) is 11.4 Å². The number of carbonyl (C=O) groups excluding carboxylic acids is 1. The smallest absolute Gasteiger partial charge is 0.271 e. The monoisotopic (exact) mass is 290 g/mol. The van der Waals surface area contributed by atoms with E-state index in [4.69, 9.17) is 0 Å². The van der Waals surface area contributed by atoms with E-state index in [0.717, 1.165) is 15.4 Å². The molecular formula is C12H10N4OS2. The number of amides is 1. The second-order valence-electron chi connectivity index (χ2n) is 3.80. The molecule has 0 saturated heterocycles. The molecular weight excluding hydrogens is 280 g/mol. The molecule has 0 aliphatic rings. The number of rotatable bonds is 4. The number of hydrogen-bond donors (Lipinski definition) is 2. The summed E-state index contributed by atoms with van der Waals surface area (Å²) in [5, 5.41) is 14.0. The van der Waals surface area contributed by atoms with Crippen LogP contribution >= 0.6 is 22.7 Å². The van der Waals surface area contributed by atoms with Gasteiger partial charge in [0.2, 0.25) is 0 Å². The van der Waals surface area contributed by atoms with Gasteiger partial charge in [-0.25, -0.2) is 4.98 Å². The first-order valence-electron chi connectivity index (χ1n) is 5.58. The number of carbonyl (C=O) groups is 1. The predicted molar refractivity (Wildman–Crippen MR) is 75.2 cm³/mol. The molecule has 0 aromatic carbocycles. The molecule has 3 aromatic heterocycles. The van der Waals surface area contributed by atoms with Gasteiger partial charge in [0, 0.05) is 23.7 Å². The Hall–Kier alpha value is -1.99. The van der Waals surface area contributed by atoms with Crippen LogP contribution in [0.3, 0.4) is 0 Å². The van der Waals surface area contributed by atoms with Crippen molar-refractivity contribution in [2.45, 2.75) is 6.54 Å². The topological polar surface area (TPSA) is 70.7 Å². The summed E-state index contributed by atoms with van der Waals surface area (Å²) < 4.78 is 0. The number of aromatic nitrogens is 3. The minimum atomic E-state index is -0.166. The second-order valence-corrected chi connectivity index (χ2v) is 5.61. The van der Waals surface area contributed by atoms with Crippen LogP contribution in [-0.2, 0) is 6.54 Å². The molecule has 3 heterocycles. The van der Waals surface area contributed by atoms with E-state index < -0.39 is 0 Å². The molecule has 0 spiro atoms. The normalized spacial score (nSPS) is 10.5. The minimum Gasteiger partial charge on any atom is -0.346 e. The molecule has 2 N–H and O–H groups in total. The van der Waals surface area contributed by atoms with Crippen LogP contribution in [0, 0.1) is 0 Å². The van der Waals surface area contributed by atoms with Gasteiger partial charge in [-0.3, -0.25) is 9.89 Å². The molecule has 0 bridgehead atoms. The Balaban J connectivity index is 1.67. The number of hydrogen-bond acceptors (Lipinski definition) is 5. The van der Waals surface area contributed by atoms with E-state index in [0.29, 0.717) is 12.2 Å². The molecule has 5 nitrogen and oxygen atoms in total. The van der Waals surface area contributed by atoms with Gasteiger partial charge in [-0.1, -0.05) is 6.07 Å². The van der Waals surface area contributed by atoms with Crippen LogP contribution in [0.15, 0.2) is 35.3 Å². The molecule has 19 heavy (non-hydrogen) atoms. The number of H-pyrrole nitrogens is 1. The standard InChI is InChI=1S/C12H10N4OS2/c17-11(13-4-8-5-14-15-6-8)9-7-19-12(16-9)10-2-1-3-18-10/h1-3,5-7H,4H2,(H,13,17)(H,14,15). The van der Waals surface area contributed by atoms with E-state index in [1.807, 2.05) is 17.5 Å². The molecule has 1 amide bonds. The van der Waals surface area contributed by atoms with Gasteiger partial charge in [-0.2, -0.15) is 5.10 Å². The largest absolute Gasteiger partial charge is 0.346 e. The summed E-state index contributed by atoms with van der Waals surface area (Å²) >= 11 is 3.10. The van der Waals surface area contributed by atoms with Gasteiger partial charge in [0.25, 0.3) is 5.91 Å². The van der Waals surface area contributed by atoms with E-state index in [2.05, 4.69) is 20.5 Å². The van der Waals surface area contributed by atoms with E-state index in [-0.39, 0.29) is 5.91 Å². The summed E-state index contributed by atoms with van der Waals surface area (Å²) in [5.74, 6) is -0.166. The third-order valence-corrected chi connectivity index (χ3v) is 4.36. The Morgan fingerprint density at radius 2 is 2.37 bits per heavy atom. The first kappa shape index (κ1) is 12.1. The summed E-state index contributed by atoms with van der Waals surface area (Å²) in [5.41, 5.74) is 1.39. The maximum absolute atomic E-state index is 11.9. The molecule has 0 aliphatic heterocycles. The highest BCUT2D eigenvalue weighted by Crippen LogP contribution is 2.27. The third-order valence-electron chi connectivity index (χ3n) is 2.48. The Kier molecular flexibility index (Phi) is 3.39. The van der Waals surface area contributed by atoms with Gasteiger partial charge in [0.1, 0.15) is 10.7 Å². The number of thiazole rings is 1. The van der Waals surface area contributed by atoms with Gasteiger partial charge in [0.15, 0.2) is 0 Å². The van der Waals surface area contributed by atoms with Crippen LogP contribution < -0.4 is 5.32 Å². The molecule has 96 valence electrons. The van der Waals surface area contributed by atoms with E-state index in [1.54, 1.807) is 29.1 Å². The fourth-order valence-electron chi connectivity index (χ4n) is 1.54. The van der Waals surface area contributed by atoms with Crippen molar-refractivity contribution in [2.75, 3.05) is 0 Å². The zero-order valence-electron chi connectivity index (χ0n) is 9.79. The average Bonchev–Trinajstić information content (AvgIpc) is 3.14. The quantitative estimate of drug-likeness (QED) is 0.775. The highest BCUT2D eigenvalue weighted by atomic mass is 32.1. The highest BCUT2D eigenvalue weighted by molar-refractivity contribution is 7.20. The molecule has 0 radical (unpaired) electrons. The molecule has 0 fully saturated rings. The van der Waals surface area contributed by atoms with Crippen LogP contribution in [0.5, 0.6) is 0 Å². The SMILES string of the molecule is O=C(NCc1cn[nH]c1)c1csc(-c2cccs2)n1. The van der Waals surface area contributed by atoms with Gasteiger partial charge >= 0.3 is 0 Å². The second kappa shape index (κ2) is 5.33. The lowest BCUT2D eigenvalue weighted by Crippen LogP contribution is -2.22. The van der Waals surface area contributed by atoms with Crippen molar-refractivity contribution < 1.29 is 4.79 Å². The minimum absolute atomic E-state index is 0.166. The Labute approximate surface area is 117 Å². The van der Waals surface area contributed by atoms with E-state index in [1.165, 1.54) is 11.3 Å². The Bertz CT molecular complexity index is 658.